The number of H-pyrrole nitrogens is 1. The van der Waals surface area contributed by atoms with Gasteiger partial charge in [-0.05, 0) is 22.0 Å². The molecule has 5 heteroatoms. The van der Waals surface area contributed by atoms with E-state index >= 15 is 0 Å². The SMILES string of the molecule is O=Cc1[nH]cnc1-c1cc(Br)cs1. The van der Waals surface area contributed by atoms with Crippen LogP contribution in [0, 0.1) is 0 Å². The lowest BCUT2D eigenvalue weighted by Crippen LogP contribution is -1.82. The number of hydrogen-bond donors (Lipinski definition) is 1. The lowest BCUT2D eigenvalue weighted by Gasteiger charge is -1.89. The van der Waals surface area contributed by atoms with Crippen LogP contribution < -0.4 is 0 Å². The summed E-state index contributed by atoms with van der Waals surface area (Å²) in [5.74, 6) is 0. The molecule has 2 heterocycles. The fourth-order valence-corrected chi connectivity index (χ4v) is 2.47. The monoisotopic (exact) mass is 256 g/mol. The van der Waals surface area contributed by atoms with Crippen molar-refractivity contribution in [1.29, 1.82) is 0 Å². The number of imidazole rings is 1. The summed E-state index contributed by atoms with van der Waals surface area (Å²) < 4.78 is 1.01. The third kappa shape index (κ3) is 1.57. The van der Waals surface area contributed by atoms with Gasteiger partial charge in [0.25, 0.3) is 0 Å². The number of halogens is 1. The highest BCUT2D eigenvalue weighted by atomic mass is 79.9. The quantitative estimate of drug-likeness (QED) is 0.841. The van der Waals surface area contributed by atoms with Gasteiger partial charge in [-0.2, -0.15) is 0 Å². The zero-order chi connectivity index (χ0) is 9.26. The lowest BCUT2D eigenvalue weighted by molar-refractivity contribution is 0.112. The second-order valence-corrected chi connectivity index (χ2v) is 4.24. The van der Waals surface area contributed by atoms with Crippen molar-refractivity contribution < 1.29 is 4.79 Å². The van der Waals surface area contributed by atoms with Gasteiger partial charge in [-0.1, -0.05) is 0 Å². The number of carbonyl (C=O) groups is 1. The van der Waals surface area contributed by atoms with Crippen LogP contribution in [0.15, 0.2) is 22.2 Å². The molecule has 0 spiro atoms. The first kappa shape index (κ1) is 8.65. The molecule has 0 bridgehead atoms. The van der Waals surface area contributed by atoms with E-state index in [2.05, 4.69) is 25.9 Å². The van der Waals surface area contributed by atoms with Gasteiger partial charge in [0.15, 0.2) is 6.29 Å². The average molecular weight is 257 g/mol. The Balaban J connectivity index is 2.51. The first-order valence-electron chi connectivity index (χ1n) is 3.54. The summed E-state index contributed by atoms with van der Waals surface area (Å²) in [6.07, 6.45) is 2.29. The highest BCUT2D eigenvalue weighted by Crippen LogP contribution is 2.29. The Morgan fingerprint density at radius 3 is 3.08 bits per heavy atom. The molecule has 0 aliphatic carbocycles. The van der Waals surface area contributed by atoms with E-state index < -0.39 is 0 Å². The maximum Gasteiger partial charge on any atom is 0.168 e. The van der Waals surface area contributed by atoms with Crippen molar-refractivity contribution in [1.82, 2.24) is 9.97 Å². The number of aldehydes is 1. The van der Waals surface area contributed by atoms with Gasteiger partial charge >= 0.3 is 0 Å². The van der Waals surface area contributed by atoms with E-state index in [1.807, 2.05) is 11.4 Å². The van der Waals surface area contributed by atoms with Gasteiger partial charge in [0, 0.05) is 9.85 Å². The van der Waals surface area contributed by atoms with E-state index in [4.69, 9.17) is 0 Å². The molecule has 0 fully saturated rings. The Morgan fingerprint density at radius 1 is 1.62 bits per heavy atom. The maximum atomic E-state index is 10.6. The lowest BCUT2D eigenvalue weighted by atomic mass is 10.3. The summed E-state index contributed by atoms with van der Waals surface area (Å²) >= 11 is 4.90. The van der Waals surface area contributed by atoms with Crippen molar-refractivity contribution in [3.63, 3.8) is 0 Å². The number of hydrogen-bond acceptors (Lipinski definition) is 3. The molecule has 0 saturated heterocycles. The number of carbonyl (C=O) groups excluding carboxylic acids is 1. The molecule has 0 aliphatic rings. The molecule has 1 N–H and O–H groups in total. The highest BCUT2D eigenvalue weighted by Gasteiger charge is 2.08. The van der Waals surface area contributed by atoms with Crippen LogP contribution in [0.5, 0.6) is 0 Å². The average Bonchev–Trinajstić information content (AvgIpc) is 2.71. The predicted molar refractivity (Wildman–Crippen MR) is 55.0 cm³/mol. The van der Waals surface area contributed by atoms with Crippen LogP contribution in [-0.2, 0) is 0 Å². The molecular weight excluding hydrogens is 252 g/mol. The fraction of sp³-hybridized carbons (Fsp3) is 0. The molecule has 0 amide bonds. The minimum absolute atomic E-state index is 0.523. The van der Waals surface area contributed by atoms with Crippen molar-refractivity contribution in [3.05, 3.63) is 27.9 Å². The summed E-state index contributed by atoms with van der Waals surface area (Å²) in [4.78, 5) is 18.4. The molecular formula is C8H5BrN2OS. The third-order valence-corrected chi connectivity index (χ3v) is 3.29. The first-order chi connectivity index (χ1) is 6.31. The van der Waals surface area contributed by atoms with E-state index in [0.29, 0.717) is 11.4 Å². The molecule has 13 heavy (non-hydrogen) atoms. The largest absolute Gasteiger partial charge is 0.342 e. The Bertz CT molecular complexity index is 435. The van der Waals surface area contributed by atoms with E-state index in [-0.39, 0.29) is 0 Å². The predicted octanol–water partition coefficient (Wildman–Crippen LogP) is 2.71. The number of aromatic amines is 1. The summed E-state index contributed by atoms with van der Waals surface area (Å²) in [7, 11) is 0. The van der Waals surface area contributed by atoms with Crippen molar-refractivity contribution in [2.45, 2.75) is 0 Å². The number of nitrogens with one attached hydrogen (secondary N) is 1. The van der Waals surface area contributed by atoms with Crippen LogP contribution in [0.2, 0.25) is 0 Å². The third-order valence-electron chi connectivity index (χ3n) is 1.59. The summed E-state index contributed by atoms with van der Waals surface area (Å²) in [5, 5.41) is 1.96. The van der Waals surface area contributed by atoms with Gasteiger partial charge in [-0.15, -0.1) is 11.3 Å². The Morgan fingerprint density at radius 2 is 2.46 bits per heavy atom. The molecule has 0 aromatic carbocycles. The fourth-order valence-electron chi connectivity index (χ4n) is 1.03. The highest BCUT2D eigenvalue weighted by molar-refractivity contribution is 9.10. The second kappa shape index (κ2) is 3.43. The van der Waals surface area contributed by atoms with E-state index in [1.165, 1.54) is 6.33 Å². The summed E-state index contributed by atoms with van der Waals surface area (Å²) in [6.45, 7) is 0. The van der Waals surface area contributed by atoms with Gasteiger partial charge < -0.3 is 4.98 Å². The molecule has 0 atom stereocenters. The molecule has 2 aromatic heterocycles. The standard InChI is InChI=1S/C8H5BrN2OS/c9-5-1-7(13-3-5)8-6(2-12)10-4-11-8/h1-4H,(H,10,11). The Kier molecular flexibility index (Phi) is 2.28. The van der Waals surface area contributed by atoms with E-state index in [0.717, 1.165) is 15.6 Å². The van der Waals surface area contributed by atoms with Gasteiger partial charge in [-0.3, -0.25) is 4.79 Å². The van der Waals surface area contributed by atoms with Crippen LogP contribution in [0.1, 0.15) is 10.5 Å². The summed E-state index contributed by atoms with van der Waals surface area (Å²) in [5.41, 5.74) is 1.24. The summed E-state index contributed by atoms with van der Waals surface area (Å²) in [6, 6.07) is 1.94. The van der Waals surface area contributed by atoms with Crippen molar-refractivity contribution in [2.75, 3.05) is 0 Å². The van der Waals surface area contributed by atoms with Crippen molar-refractivity contribution >= 4 is 33.6 Å². The topological polar surface area (TPSA) is 45.8 Å². The zero-order valence-corrected chi connectivity index (χ0v) is 8.85. The molecule has 2 rings (SSSR count). The first-order valence-corrected chi connectivity index (χ1v) is 5.21. The number of aromatic nitrogens is 2. The van der Waals surface area contributed by atoms with Gasteiger partial charge in [0.05, 0.1) is 11.2 Å². The molecule has 0 radical (unpaired) electrons. The number of nitrogens with zero attached hydrogens (tertiary/aromatic N) is 1. The van der Waals surface area contributed by atoms with Gasteiger partial charge in [-0.25, -0.2) is 4.98 Å². The van der Waals surface area contributed by atoms with Gasteiger partial charge in [0.2, 0.25) is 0 Å². The molecule has 0 aliphatic heterocycles. The second-order valence-electron chi connectivity index (χ2n) is 2.41. The number of rotatable bonds is 2. The van der Waals surface area contributed by atoms with Crippen molar-refractivity contribution in [3.8, 4) is 10.6 Å². The molecule has 66 valence electrons. The van der Waals surface area contributed by atoms with Crippen LogP contribution in [-0.4, -0.2) is 16.3 Å². The minimum Gasteiger partial charge on any atom is -0.342 e. The molecule has 2 aromatic rings. The maximum absolute atomic E-state index is 10.6. The normalized spacial score (nSPS) is 10.2. The molecule has 3 nitrogen and oxygen atoms in total. The molecule has 0 saturated carbocycles. The minimum atomic E-state index is 0.523. The molecule has 0 unspecified atom stereocenters. The van der Waals surface area contributed by atoms with Crippen LogP contribution in [0.3, 0.4) is 0 Å². The zero-order valence-electron chi connectivity index (χ0n) is 6.45. The van der Waals surface area contributed by atoms with Crippen molar-refractivity contribution in [2.24, 2.45) is 0 Å². The van der Waals surface area contributed by atoms with E-state index in [9.17, 15) is 4.79 Å². The Hall–Kier alpha value is -0.940. The van der Waals surface area contributed by atoms with Crippen LogP contribution in [0.4, 0.5) is 0 Å². The van der Waals surface area contributed by atoms with Gasteiger partial charge in [0.1, 0.15) is 11.4 Å². The Labute approximate surface area is 87.0 Å². The van der Waals surface area contributed by atoms with Crippen LogP contribution in [0.25, 0.3) is 10.6 Å². The van der Waals surface area contributed by atoms with Crippen LogP contribution >= 0.6 is 27.3 Å². The smallest absolute Gasteiger partial charge is 0.168 e. The number of thiophene rings is 1. The van der Waals surface area contributed by atoms with E-state index in [1.54, 1.807) is 11.3 Å².